The lowest BCUT2D eigenvalue weighted by Crippen LogP contribution is -2.28. The Balaban J connectivity index is 1.36. The first-order valence-electron chi connectivity index (χ1n) is 7.68. The van der Waals surface area contributed by atoms with Gasteiger partial charge in [-0.1, -0.05) is 0 Å². The maximum Gasteiger partial charge on any atom is 0.356 e. The van der Waals surface area contributed by atoms with Gasteiger partial charge in [-0.25, -0.2) is 4.79 Å². The molecule has 0 aliphatic heterocycles. The van der Waals surface area contributed by atoms with Gasteiger partial charge >= 0.3 is 5.97 Å². The van der Waals surface area contributed by atoms with E-state index < -0.39 is 5.97 Å². The summed E-state index contributed by atoms with van der Waals surface area (Å²) in [5.74, 6) is -0.527. The minimum atomic E-state index is -1.07. The summed E-state index contributed by atoms with van der Waals surface area (Å²) in [6.45, 7) is 1.51. The molecule has 1 saturated carbocycles. The summed E-state index contributed by atoms with van der Waals surface area (Å²) in [6, 6.07) is 3.45. The fraction of sp³-hybridized carbons (Fsp3) is 0.467. The van der Waals surface area contributed by atoms with Crippen LogP contribution in [-0.4, -0.2) is 43.1 Å². The quantitative estimate of drug-likeness (QED) is 0.752. The molecule has 3 rings (SSSR count). The molecule has 1 aliphatic rings. The topological polar surface area (TPSA) is 102 Å². The van der Waals surface area contributed by atoms with Crippen LogP contribution < -0.4 is 5.32 Å². The maximum atomic E-state index is 11.8. The predicted molar refractivity (Wildman–Crippen MR) is 81.0 cm³/mol. The van der Waals surface area contributed by atoms with Crippen molar-refractivity contribution in [2.45, 2.75) is 38.3 Å². The molecule has 122 valence electrons. The van der Waals surface area contributed by atoms with E-state index in [1.807, 2.05) is 16.9 Å². The van der Waals surface area contributed by atoms with E-state index in [1.54, 1.807) is 6.20 Å². The van der Waals surface area contributed by atoms with Crippen LogP contribution >= 0.6 is 0 Å². The number of nitrogens with one attached hydrogen (secondary N) is 1. The Hall–Kier alpha value is -2.64. The smallest absolute Gasteiger partial charge is 0.356 e. The molecule has 2 aromatic heterocycles. The molecule has 0 atom stereocenters. The molecule has 0 unspecified atom stereocenters. The second kappa shape index (κ2) is 6.64. The van der Waals surface area contributed by atoms with Crippen LogP contribution in [0.5, 0.6) is 0 Å². The number of carbonyl (C=O) groups is 2. The zero-order valence-electron chi connectivity index (χ0n) is 12.7. The van der Waals surface area contributed by atoms with Crippen LogP contribution in [0, 0.1) is 0 Å². The molecule has 0 saturated heterocycles. The molecular weight excluding hydrogens is 298 g/mol. The third-order valence-corrected chi connectivity index (χ3v) is 3.75. The van der Waals surface area contributed by atoms with Crippen molar-refractivity contribution in [3.63, 3.8) is 0 Å². The molecule has 1 fully saturated rings. The van der Waals surface area contributed by atoms with E-state index in [0.717, 1.165) is 5.69 Å². The highest BCUT2D eigenvalue weighted by Gasteiger charge is 2.25. The van der Waals surface area contributed by atoms with Gasteiger partial charge in [0.15, 0.2) is 5.69 Å². The second-order valence-electron chi connectivity index (χ2n) is 5.65. The molecule has 8 heteroatoms. The summed E-state index contributed by atoms with van der Waals surface area (Å²) in [5, 5.41) is 19.9. The van der Waals surface area contributed by atoms with Gasteiger partial charge in [-0.05, 0) is 25.0 Å². The van der Waals surface area contributed by atoms with Crippen LogP contribution in [0.25, 0.3) is 0 Å². The summed E-state index contributed by atoms with van der Waals surface area (Å²) in [5.41, 5.74) is 1.12. The number of rotatable bonds is 8. The highest BCUT2D eigenvalue weighted by atomic mass is 16.4. The van der Waals surface area contributed by atoms with E-state index in [2.05, 4.69) is 15.5 Å². The predicted octanol–water partition coefficient (Wildman–Crippen LogP) is 0.862. The van der Waals surface area contributed by atoms with Gasteiger partial charge < -0.3 is 10.4 Å². The van der Waals surface area contributed by atoms with Gasteiger partial charge in [0.1, 0.15) is 0 Å². The minimum Gasteiger partial charge on any atom is -0.476 e. The maximum absolute atomic E-state index is 11.8. The average molecular weight is 317 g/mol. The Morgan fingerprint density at radius 3 is 2.61 bits per heavy atom. The van der Waals surface area contributed by atoms with Gasteiger partial charge in [-0.3, -0.25) is 14.2 Å². The normalized spacial score (nSPS) is 13.9. The van der Waals surface area contributed by atoms with Crippen molar-refractivity contribution in [1.82, 2.24) is 24.9 Å². The summed E-state index contributed by atoms with van der Waals surface area (Å²) in [6.07, 6.45) is 6.21. The first kappa shape index (κ1) is 15.3. The fourth-order valence-corrected chi connectivity index (χ4v) is 2.31. The van der Waals surface area contributed by atoms with Crippen molar-refractivity contribution in [2.75, 3.05) is 6.54 Å². The van der Waals surface area contributed by atoms with Crippen molar-refractivity contribution < 1.29 is 14.7 Å². The summed E-state index contributed by atoms with van der Waals surface area (Å²) < 4.78 is 3.30. The van der Waals surface area contributed by atoms with Gasteiger partial charge in [0.05, 0.1) is 12.2 Å². The largest absolute Gasteiger partial charge is 0.476 e. The number of carboxylic acids is 1. The third kappa shape index (κ3) is 4.18. The standard InChI is InChI=1S/C15H19N5O3/c21-14(5-9-19-8-4-13(18-19)15(22)23)16-6-10-20-7-3-12(17-20)11-1-2-11/h3-4,7-8,11H,1-2,5-6,9-10H2,(H,16,21)(H,22,23). The Bertz CT molecular complexity index is 702. The number of aromatic carboxylic acids is 1. The summed E-state index contributed by atoms with van der Waals surface area (Å²) in [4.78, 5) is 22.5. The van der Waals surface area contributed by atoms with Crippen LogP contribution in [0.1, 0.15) is 41.4 Å². The van der Waals surface area contributed by atoms with Gasteiger partial charge in [-0.2, -0.15) is 10.2 Å². The molecule has 0 spiro atoms. The molecule has 2 aromatic rings. The fourth-order valence-electron chi connectivity index (χ4n) is 2.31. The third-order valence-electron chi connectivity index (χ3n) is 3.75. The first-order valence-corrected chi connectivity index (χ1v) is 7.68. The first-order chi connectivity index (χ1) is 11.1. The number of hydrogen-bond donors (Lipinski definition) is 2. The number of amides is 1. The zero-order chi connectivity index (χ0) is 16.2. The van der Waals surface area contributed by atoms with Crippen molar-refractivity contribution in [2.24, 2.45) is 0 Å². The van der Waals surface area contributed by atoms with Gasteiger partial charge in [0, 0.05) is 37.8 Å². The Labute approximate surface area is 133 Å². The molecule has 0 bridgehead atoms. The highest BCUT2D eigenvalue weighted by molar-refractivity contribution is 5.85. The SMILES string of the molecule is O=C(CCn1ccc(C(=O)O)n1)NCCn1ccc(C2CC2)n1. The van der Waals surface area contributed by atoms with Gasteiger partial charge in [0.2, 0.25) is 5.91 Å². The number of carbonyl (C=O) groups excluding carboxylic acids is 1. The van der Waals surface area contributed by atoms with Gasteiger partial charge in [0.25, 0.3) is 0 Å². The lowest BCUT2D eigenvalue weighted by Gasteiger charge is -2.06. The van der Waals surface area contributed by atoms with E-state index in [0.29, 0.717) is 25.6 Å². The molecular formula is C15H19N5O3. The Morgan fingerprint density at radius 2 is 1.91 bits per heavy atom. The molecule has 0 radical (unpaired) electrons. The Kier molecular flexibility index (Phi) is 4.40. The number of hydrogen-bond acceptors (Lipinski definition) is 4. The summed E-state index contributed by atoms with van der Waals surface area (Å²) >= 11 is 0. The number of nitrogens with zero attached hydrogens (tertiary/aromatic N) is 4. The molecule has 0 aromatic carbocycles. The summed E-state index contributed by atoms with van der Waals surface area (Å²) in [7, 11) is 0. The molecule has 2 heterocycles. The minimum absolute atomic E-state index is 0.0180. The van der Waals surface area contributed by atoms with Crippen molar-refractivity contribution in [3.05, 3.63) is 35.9 Å². The zero-order valence-corrected chi connectivity index (χ0v) is 12.7. The van der Waals surface area contributed by atoms with Gasteiger partial charge in [-0.15, -0.1) is 0 Å². The van der Waals surface area contributed by atoms with E-state index in [1.165, 1.54) is 23.6 Å². The van der Waals surface area contributed by atoms with Crippen molar-refractivity contribution in [1.29, 1.82) is 0 Å². The molecule has 8 nitrogen and oxygen atoms in total. The van der Waals surface area contributed by atoms with E-state index >= 15 is 0 Å². The van der Waals surface area contributed by atoms with Crippen LogP contribution in [0.4, 0.5) is 0 Å². The molecule has 1 amide bonds. The molecule has 1 aliphatic carbocycles. The van der Waals surface area contributed by atoms with E-state index in [-0.39, 0.29) is 18.0 Å². The van der Waals surface area contributed by atoms with Crippen molar-refractivity contribution >= 4 is 11.9 Å². The highest BCUT2D eigenvalue weighted by Crippen LogP contribution is 2.38. The number of carboxylic acid groups (broad SMARTS) is 1. The van der Waals surface area contributed by atoms with E-state index in [4.69, 9.17) is 5.11 Å². The number of aromatic nitrogens is 4. The van der Waals surface area contributed by atoms with E-state index in [9.17, 15) is 9.59 Å². The monoisotopic (exact) mass is 317 g/mol. The average Bonchev–Trinajstić information content (AvgIpc) is 3.08. The van der Waals surface area contributed by atoms with Crippen molar-refractivity contribution in [3.8, 4) is 0 Å². The van der Waals surface area contributed by atoms with Crippen LogP contribution in [-0.2, 0) is 17.9 Å². The lowest BCUT2D eigenvalue weighted by atomic mass is 10.3. The van der Waals surface area contributed by atoms with Crippen LogP contribution in [0.2, 0.25) is 0 Å². The lowest BCUT2D eigenvalue weighted by molar-refractivity contribution is -0.121. The van der Waals surface area contributed by atoms with Crippen LogP contribution in [0.15, 0.2) is 24.5 Å². The number of aryl methyl sites for hydroxylation is 1. The van der Waals surface area contributed by atoms with Crippen LogP contribution in [0.3, 0.4) is 0 Å². The molecule has 2 N–H and O–H groups in total. The molecule has 23 heavy (non-hydrogen) atoms. The second-order valence-corrected chi connectivity index (χ2v) is 5.65. The Morgan fingerprint density at radius 1 is 1.17 bits per heavy atom.